The third-order valence-corrected chi connectivity index (χ3v) is 3.22. The largest absolute Gasteiger partial charge is 0.469 e. The van der Waals surface area contributed by atoms with Gasteiger partial charge in [-0.15, -0.1) is 0 Å². The molecule has 2 aromatic rings. The number of nitrogens with one attached hydrogen (secondary N) is 1. The standard InChI is InChI=1S/C16H19F2NO2/c1-11(10-13-6-5-9-20-13)19-12(2)14-7-3-4-8-15(14)21-16(17)18/h3-9,11-12,16,19H,10H2,1-2H3. The van der Waals surface area contributed by atoms with Gasteiger partial charge < -0.3 is 14.5 Å². The number of para-hydroxylation sites is 1. The average molecular weight is 295 g/mol. The Labute approximate surface area is 122 Å². The number of hydrogen-bond acceptors (Lipinski definition) is 3. The van der Waals surface area contributed by atoms with Gasteiger partial charge in [-0.25, -0.2) is 0 Å². The van der Waals surface area contributed by atoms with Crippen LogP contribution in [0.5, 0.6) is 5.75 Å². The molecule has 0 amide bonds. The first-order valence-corrected chi connectivity index (χ1v) is 6.88. The van der Waals surface area contributed by atoms with Gasteiger partial charge in [0.2, 0.25) is 0 Å². The topological polar surface area (TPSA) is 34.4 Å². The molecular formula is C16H19F2NO2. The average Bonchev–Trinajstić information content (AvgIpc) is 2.91. The Morgan fingerprint density at radius 1 is 1.14 bits per heavy atom. The molecule has 0 aliphatic rings. The zero-order valence-corrected chi connectivity index (χ0v) is 12.1. The van der Waals surface area contributed by atoms with Crippen molar-refractivity contribution >= 4 is 0 Å². The molecule has 0 spiro atoms. The second-order valence-electron chi connectivity index (χ2n) is 4.99. The summed E-state index contributed by atoms with van der Waals surface area (Å²) in [5.74, 6) is 1.09. The van der Waals surface area contributed by atoms with Gasteiger partial charge in [0.05, 0.1) is 6.26 Å². The van der Waals surface area contributed by atoms with E-state index in [0.29, 0.717) is 5.56 Å². The lowest BCUT2D eigenvalue weighted by Crippen LogP contribution is -2.31. The van der Waals surface area contributed by atoms with E-state index in [4.69, 9.17) is 4.42 Å². The van der Waals surface area contributed by atoms with Crippen molar-refractivity contribution in [3.05, 3.63) is 54.0 Å². The van der Waals surface area contributed by atoms with Gasteiger partial charge in [-0.1, -0.05) is 18.2 Å². The number of hydrogen-bond donors (Lipinski definition) is 1. The number of alkyl halides is 2. The SMILES string of the molecule is CC(Cc1ccco1)NC(C)c1ccccc1OC(F)F. The summed E-state index contributed by atoms with van der Waals surface area (Å²) in [5, 5.41) is 3.36. The van der Waals surface area contributed by atoms with E-state index in [2.05, 4.69) is 10.1 Å². The van der Waals surface area contributed by atoms with E-state index >= 15 is 0 Å². The smallest absolute Gasteiger partial charge is 0.387 e. The van der Waals surface area contributed by atoms with Crippen LogP contribution in [0.15, 0.2) is 47.1 Å². The highest BCUT2D eigenvalue weighted by Gasteiger charge is 2.16. The van der Waals surface area contributed by atoms with E-state index in [9.17, 15) is 8.78 Å². The van der Waals surface area contributed by atoms with Crippen molar-refractivity contribution in [1.82, 2.24) is 5.32 Å². The minimum atomic E-state index is -2.82. The molecule has 0 fully saturated rings. The molecule has 2 unspecified atom stereocenters. The minimum Gasteiger partial charge on any atom is -0.469 e. The summed E-state index contributed by atoms with van der Waals surface area (Å²) < 4.78 is 34.7. The quantitative estimate of drug-likeness (QED) is 0.832. The number of furan rings is 1. The van der Waals surface area contributed by atoms with Crippen LogP contribution in [0.2, 0.25) is 0 Å². The summed E-state index contributed by atoms with van der Waals surface area (Å²) in [7, 11) is 0. The van der Waals surface area contributed by atoms with Crippen LogP contribution < -0.4 is 10.1 Å². The van der Waals surface area contributed by atoms with Crippen molar-refractivity contribution in [2.45, 2.75) is 39.0 Å². The lowest BCUT2D eigenvalue weighted by Gasteiger charge is -2.21. The van der Waals surface area contributed by atoms with Gasteiger partial charge in [0, 0.05) is 24.1 Å². The van der Waals surface area contributed by atoms with Gasteiger partial charge in [-0.3, -0.25) is 0 Å². The molecule has 5 heteroatoms. The van der Waals surface area contributed by atoms with Crippen LogP contribution in [-0.4, -0.2) is 12.7 Å². The third kappa shape index (κ3) is 4.56. The predicted molar refractivity (Wildman–Crippen MR) is 76.5 cm³/mol. The zero-order valence-electron chi connectivity index (χ0n) is 12.1. The summed E-state index contributed by atoms with van der Waals surface area (Å²) in [5.41, 5.74) is 0.712. The maximum absolute atomic E-state index is 12.4. The van der Waals surface area contributed by atoms with Crippen LogP contribution in [0.3, 0.4) is 0 Å². The van der Waals surface area contributed by atoms with Crippen molar-refractivity contribution < 1.29 is 17.9 Å². The molecule has 114 valence electrons. The Kier molecular flexibility index (Phi) is 5.33. The Morgan fingerprint density at radius 2 is 1.90 bits per heavy atom. The first-order valence-electron chi connectivity index (χ1n) is 6.88. The molecule has 1 N–H and O–H groups in total. The highest BCUT2D eigenvalue weighted by Crippen LogP contribution is 2.26. The minimum absolute atomic E-state index is 0.107. The third-order valence-electron chi connectivity index (χ3n) is 3.22. The molecule has 21 heavy (non-hydrogen) atoms. The fraction of sp³-hybridized carbons (Fsp3) is 0.375. The molecule has 0 aliphatic carbocycles. The summed E-state index contributed by atoms with van der Waals surface area (Å²) in [4.78, 5) is 0. The van der Waals surface area contributed by atoms with Crippen molar-refractivity contribution in [3.63, 3.8) is 0 Å². The molecule has 3 nitrogen and oxygen atoms in total. The maximum atomic E-state index is 12.4. The fourth-order valence-electron chi connectivity index (χ4n) is 2.35. The molecule has 0 bridgehead atoms. The Hall–Kier alpha value is -1.88. The number of rotatable bonds is 7. The van der Waals surface area contributed by atoms with Gasteiger partial charge in [-0.05, 0) is 32.0 Å². The van der Waals surface area contributed by atoms with Crippen LogP contribution in [0.1, 0.15) is 31.2 Å². The summed E-state index contributed by atoms with van der Waals surface area (Å²) in [6.07, 6.45) is 2.37. The lowest BCUT2D eigenvalue weighted by molar-refractivity contribution is -0.0506. The number of halogens is 2. The van der Waals surface area contributed by atoms with Crippen LogP contribution in [-0.2, 0) is 6.42 Å². The summed E-state index contributed by atoms with van der Waals surface area (Å²) in [6.45, 7) is 1.13. The number of ether oxygens (including phenoxy) is 1. The van der Waals surface area contributed by atoms with Gasteiger partial charge in [0.25, 0.3) is 0 Å². The molecule has 2 rings (SSSR count). The van der Waals surface area contributed by atoms with Crippen molar-refractivity contribution in [1.29, 1.82) is 0 Å². The van der Waals surface area contributed by atoms with E-state index in [1.807, 2.05) is 32.0 Å². The van der Waals surface area contributed by atoms with Crippen molar-refractivity contribution in [2.24, 2.45) is 0 Å². The van der Waals surface area contributed by atoms with Gasteiger partial charge in [0.1, 0.15) is 11.5 Å². The first kappa shape index (κ1) is 15.5. The van der Waals surface area contributed by atoms with Crippen LogP contribution in [0, 0.1) is 0 Å². The highest BCUT2D eigenvalue weighted by molar-refractivity contribution is 5.35. The Balaban J connectivity index is 2.00. The van der Waals surface area contributed by atoms with E-state index in [1.165, 1.54) is 0 Å². The van der Waals surface area contributed by atoms with Crippen LogP contribution in [0.25, 0.3) is 0 Å². The Bertz CT molecular complexity index is 543. The molecule has 0 saturated heterocycles. The monoisotopic (exact) mass is 295 g/mol. The van der Waals surface area contributed by atoms with E-state index in [1.54, 1.807) is 24.5 Å². The number of benzene rings is 1. The second kappa shape index (κ2) is 7.22. The van der Waals surface area contributed by atoms with Crippen LogP contribution >= 0.6 is 0 Å². The summed E-state index contributed by atoms with van der Waals surface area (Å²) in [6, 6.07) is 10.6. The molecule has 1 heterocycles. The van der Waals surface area contributed by atoms with E-state index < -0.39 is 6.61 Å². The van der Waals surface area contributed by atoms with Gasteiger partial charge in [0.15, 0.2) is 0 Å². The van der Waals surface area contributed by atoms with Crippen molar-refractivity contribution in [2.75, 3.05) is 0 Å². The van der Waals surface area contributed by atoms with E-state index in [-0.39, 0.29) is 17.8 Å². The van der Waals surface area contributed by atoms with Crippen LogP contribution in [0.4, 0.5) is 8.78 Å². The molecule has 0 aliphatic heterocycles. The van der Waals surface area contributed by atoms with Gasteiger partial charge >= 0.3 is 6.61 Å². The van der Waals surface area contributed by atoms with Gasteiger partial charge in [-0.2, -0.15) is 8.78 Å². The molecular weight excluding hydrogens is 276 g/mol. The van der Waals surface area contributed by atoms with E-state index in [0.717, 1.165) is 12.2 Å². The molecule has 0 radical (unpaired) electrons. The molecule has 2 atom stereocenters. The zero-order chi connectivity index (χ0) is 15.2. The molecule has 1 aromatic heterocycles. The Morgan fingerprint density at radius 3 is 2.57 bits per heavy atom. The highest BCUT2D eigenvalue weighted by atomic mass is 19.3. The normalized spacial score (nSPS) is 14.1. The predicted octanol–water partition coefficient (Wildman–Crippen LogP) is 4.16. The molecule has 0 saturated carbocycles. The van der Waals surface area contributed by atoms with Crippen molar-refractivity contribution in [3.8, 4) is 5.75 Å². The lowest BCUT2D eigenvalue weighted by atomic mass is 10.1. The maximum Gasteiger partial charge on any atom is 0.387 e. The second-order valence-corrected chi connectivity index (χ2v) is 4.99. The summed E-state index contributed by atoms with van der Waals surface area (Å²) >= 11 is 0. The first-order chi connectivity index (χ1) is 10.1. The molecule has 1 aromatic carbocycles. The fourth-order valence-corrected chi connectivity index (χ4v) is 2.35.